The molecule has 0 fully saturated rings. The summed E-state index contributed by atoms with van der Waals surface area (Å²) in [5, 5.41) is 2.55. The Morgan fingerprint density at radius 3 is 2.84 bits per heavy atom. The van der Waals surface area contributed by atoms with E-state index in [0.29, 0.717) is 29.2 Å². The van der Waals surface area contributed by atoms with E-state index >= 15 is 0 Å². The minimum Gasteiger partial charge on any atom is -0.468 e. The van der Waals surface area contributed by atoms with E-state index < -0.39 is 13.7 Å². The van der Waals surface area contributed by atoms with Crippen molar-refractivity contribution in [3.63, 3.8) is 0 Å². The first-order chi connectivity index (χ1) is 15.5. The fraction of sp³-hybridized carbons (Fsp3) is 0.300. The van der Waals surface area contributed by atoms with Gasteiger partial charge in [0.05, 0.1) is 26.1 Å². The molecule has 0 saturated heterocycles. The van der Waals surface area contributed by atoms with Gasteiger partial charge >= 0.3 is 13.7 Å². The molecule has 11 nitrogen and oxygen atoms in total. The molecular formula is C20H23N6O5P. The highest BCUT2D eigenvalue weighted by Gasteiger charge is 2.31. The van der Waals surface area contributed by atoms with Crippen molar-refractivity contribution >= 4 is 30.7 Å². The summed E-state index contributed by atoms with van der Waals surface area (Å²) >= 11 is 0. The maximum absolute atomic E-state index is 13.2. The topological polar surface area (TPSA) is 143 Å². The number of para-hydroxylation sites is 1. The molecule has 32 heavy (non-hydrogen) atoms. The van der Waals surface area contributed by atoms with E-state index in [1.807, 2.05) is 22.8 Å². The Morgan fingerprint density at radius 2 is 2.06 bits per heavy atom. The van der Waals surface area contributed by atoms with Crippen LogP contribution in [0.1, 0.15) is 12.5 Å². The molecule has 12 heteroatoms. The molecule has 0 amide bonds. The van der Waals surface area contributed by atoms with Gasteiger partial charge in [-0.2, -0.15) is 0 Å². The van der Waals surface area contributed by atoms with Crippen molar-refractivity contribution in [3.05, 3.63) is 55.1 Å². The number of nitrogens with one attached hydrogen (secondary N) is 1. The van der Waals surface area contributed by atoms with Crippen LogP contribution in [0.25, 0.3) is 11.2 Å². The molecule has 2 heterocycles. The third-order valence-corrected chi connectivity index (χ3v) is 6.45. The Kier molecular flexibility index (Phi) is 6.50. The number of ether oxygens (including phenoxy) is 1. The lowest BCUT2D eigenvalue weighted by Crippen LogP contribution is -2.25. The van der Waals surface area contributed by atoms with Gasteiger partial charge in [-0.05, 0) is 18.6 Å². The maximum Gasteiger partial charge on any atom is 0.459 e. The second kappa shape index (κ2) is 9.47. The number of carbonyl (C=O) groups excluding carboxylic acids is 1. The summed E-state index contributed by atoms with van der Waals surface area (Å²) in [5.41, 5.74) is 7.06. The Hall–Kier alpha value is -3.27. The van der Waals surface area contributed by atoms with E-state index in [9.17, 15) is 9.36 Å². The average Bonchev–Trinajstić information content (AvgIpc) is 3.44. The number of imidazole rings is 1. The second-order valence-electron chi connectivity index (χ2n) is 7.14. The van der Waals surface area contributed by atoms with E-state index in [1.54, 1.807) is 30.6 Å². The van der Waals surface area contributed by atoms with Crippen molar-refractivity contribution in [2.75, 3.05) is 26.0 Å². The molecule has 0 bridgehead atoms. The number of hydrogen-bond donors (Lipinski definition) is 2. The number of aromatic nitrogens is 4. The summed E-state index contributed by atoms with van der Waals surface area (Å²) in [6.45, 7) is -0.194. The highest BCUT2D eigenvalue weighted by Crippen LogP contribution is 2.45. The quantitative estimate of drug-likeness (QED) is 0.279. The average molecular weight is 458 g/mol. The summed E-state index contributed by atoms with van der Waals surface area (Å²) in [6, 6.07) is 8.59. The number of hydrogen-bond acceptors (Lipinski definition) is 9. The first kappa shape index (κ1) is 21.9. The normalized spacial score (nSPS) is 19.7. The molecule has 2 aromatic heterocycles. The predicted molar refractivity (Wildman–Crippen MR) is 117 cm³/mol. The van der Waals surface area contributed by atoms with E-state index in [4.69, 9.17) is 14.8 Å². The molecule has 0 radical (unpaired) electrons. The molecule has 168 valence electrons. The van der Waals surface area contributed by atoms with Crippen LogP contribution in [0.15, 0.2) is 55.1 Å². The zero-order valence-electron chi connectivity index (χ0n) is 17.3. The summed E-state index contributed by atoms with van der Waals surface area (Å²) in [6.07, 6.45) is 7.75. The number of carbonyl (C=O) groups is 1. The van der Waals surface area contributed by atoms with Crippen LogP contribution < -0.4 is 15.3 Å². The summed E-state index contributed by atoms with van der Waals surface area (Å²) in [4.78, 5) is 24.1. The van der Waals surface area contributed by atoms with Gasteiger partial charge in [0, 0.05) is 5.92 Å². The van der Waals surface area contributed by atoms with Crippen molar-refractivity contribution in [1.29, 1.82) is 0 Å². The monoisotopic (exact) mass is 458 g/mol. The molecule has 3 N–H and O–H groups in total. The molecule has 1 aliphatic rings. The van der Waals surface area contributed by atoms with Gasteiger partial charge in [-0.1, -0.05) is 30.4 Å². The van der Waals surface area contributed by atoms with Crippen molar-refractivity contribution in [1.82, 2.24) is 24.6 Å². The number of benzene rings is 1. The number of nitrogens with two attached hydrogens (primary N) is 1. The zero-order valence-corrected chi connectivity index (χ0v) is 18.2. The lowest BCUT2D eigenvalue weighted by Gasteiger charge is -2.21. The van der Waals surface area contributed by atoms with Gasteiger partial charge in [0.15, 0.2) is 11.5 Å². The van der Waals surface area contributed by atoms with E-state index in [0.717, 1.165) is 0 Å². The van der Waals surface area contributed by atoms with Gasteiger partial charge in [-0.25, -0.2) is 24.6 Å². The van der Waals surface area contributed by atoms with Gasteiger partial charge in [-0.3, -0.25) is 9.32 Å². The number of fused-ring (bicyclic) bond motifs is 1. The molecule has 3 aromatic rings. The lowest BCUT2D eigenvalue weighted by atomic mass is 10.1. The fourth-order valence-electron chi connectivity index (χ4n) is 3.35. The second-order valence-corrected chi connectivity index (χ2v) is 8.89. The molecule has 0 aliphatic heterocycles. The van der Waals surface area contributed by atoms with Gasteiger partial charge in [0.25, 0.3) is 0 Å². The standard InChI is InChI=1S/C20H23N6O5P/c1-29-17(27)10-25-32(28,31-16-5-3-2-4-6-16)30-11-14-7-8-15(9-14)26-13-24-18-19(21)22-12-23-20(18)26/h2-8,12-15H,9-11H2,1H3,(H,25,28)(H2,21,22,23)/t14-,15+,32?/m0/s1. The van der Waals surface area contributed by atoms with Crippen LogP contribution >= 0.6 is 7.75 Å². The molecule has 0 spiro atoms. The molecule has 1 unspecified atom stereocenters. The Morgan fingerprint density at radius 1 is 1.25 bits per heavy atom. The molecule has 1 aromatic carbocycles. The van der Waals surface area contributed by atoms with Crippen molar-refractivity contribution < 1.29 is 23.1 Å². The predicted octanol–water partition coefficient (Wildman–Crippen LogP) is 2.49. The SMILES string of the molecule is COC(=O)CNP(=O)(OC[C@H]1C=C[C@@H](n2cnc3c(N)ncnc32)C1)Oc1ccccc1. The van der Waals surface area contributed by atoms with Crippen LogP contribution in [0.2, 0.25) is 0 Å². The largest absolute Gasteiger partial charge is 0.468 e. The van der Waals surface area contributed by atoms with E-state index in [1.165, 1.54) is 13.4 Å². The Bertz CT molecular complexity index is 1170. The molecule has 0 saturated carbocycles. The first-order valence-electron chi connectivity index (χ1n) is 9.90. The molecule has 3 atom stereocenters. The van der Waals surface area contributed by atoms with Gasteiger partial charge < -0.3 is 19.6 Å². The minimum absolute atomic E-state index is 0.0136. The Balaban J connectivity index is 1.41. The highest BCUT2D eigenvalue weighted by atomic mass is 31.2. The summed E-state index contributed by atoms with van der Waals surface area (Å²) in [7, 11) is -2.58. The number of anilines is 1. The number of allylic oxidation sites excluding steroid dienone is 1. The minimum atomic E-state index is -3.83. The number of methoxy groups -OCH3 is 1. The van der Waals surface area contributed by atoms with E-state index in [2.05, 4.69) is 24.8 Å². The lowest BCUT2D eigenvalue weighted by molar-refractivity contribution is -0.139. The van der Waals surface area contributed by atoms with Crippen LogP contribution in [0.4, 0.5) is 5.82 Å². The Labute approximate surface area is 184 Å². The molecule has 4 rings (SSSR count). The number of esters is 1. The van der Waals surface area contributed by atoms with Crippen LogP contribution in [0.3, 0.4) is 0 Å². The van der Waals surface area contributed by atoms with Crippen LogP contribution in [0.5, 0.6) is 5.75 Å². The van der Waals surface area contributed by atoms with E-state index in [-0.39, 0.29) is 25.1 Å². The zero-order chi connectivity index (χ0) is 22.6. The van der Waals surface area contributed by atoms with Gasteiger partial charge in [-0.15, -0.1) is 0 Å². The van der Waals surface area contributed by atoms with Gasteiger partial charge in [0.2, 0.25) is 0 Å². The van der Waals surface area contributed by atoms with Crippen molar-refractivity contribution in [3.8, 4) is 5.75 Å². The molecule has 1 aliphatic carbocycles. The summed E-state index contributed by atoms with van der Waals surface area (Å²) < 4.78 is 31.0. The van der Waals surface area contributed by atoms with Crippen LogP contribution in [0, 0.1) is 5.92 Å². The smallest absolute Gasteiger partial charge is 0.459 e. The number of rotatable bonds is 9. The van der Waals surface area contributed by atoms with Crippen LogP contribution in [-0.4, -0.2) is 45.7 Å². The maximum atomic E-state index is 13.2. The van der Waals surface area contributed by atoms with Crippen molar-refractivity contribution in [2.24, 2.45) is 5.92 Å². The van der Waals surface area contributed by atoms with Gasteiger partial charge in [0.1, 0.15) is 24.1 Å². The number of nitrogens with zero attached hydrogens (tertiary/aromatic N) is 4. The summed E-state index contributed by atoms with van der Waals surface area (Å²) in [5.74, 6) is 0.0605. The number of nitrogen functional groups attached to an aromatic ring is 1. The third kappa shape index (κ3) is 4.96. The highest BCUT2D eigenvalue weighted by molar-refractivity contribution is 7.52. The van der Waals surface area contributed by atoms with Crippen molar-refractivity contribution in [2.45, 2.75) is 12.5 Å². The van der Waals surface area contributed by atoms with Crippen LogP contribution in [-0.2, 0) is 18.6 Å². The fourth-order valence-corrected chi connectivity index (χ4v) is 4.67. The third-order valence-electron chi connectivity index (χ3n) is 4.97. The first-order valence-corrected chi connectivity index (χ1v) is 11.4. The molecular weight excluding hydrogens is 435 g/mol.